The third kappa shape index (κ3) is 3.54. The summed E-state index contributed by atoms with van der Waals surface area (Å²) < 4.78 is 10.5. The molecule has 0 spiro atoms. The molecular formula is C6H14NaO2P. The van der Waals surface area contributed by atoms with Crippen LogP contribution in [0.3, 0.4) is 0 Å². The first kappa shape index (κ1) is 11.2. The van der Waals surface area contributed by atoms with Crippen molar-refractivity contribution in [3.63, 3.8) is 0 Å². The zero-order valence-corrected chi connectivity index (χ0v) is 6.47. The molecule has 10 heavy (non-hydrogen) atoms. The van der Waals surface area contributed by atoms with Gasteiger partial charge in [-0.25, -0.2) is 0 Å². The molecule has 1 N–H and O–H groups in total. The van der Waals surface area contributed by atoms with Gasteiger partial charge in [0.2, 0.25) is 0 Å². The Morgan fingerprint density at radius 3 is 2.00 bits per heavy atom. The van der Waals surface area contributed by atoms with Gasteiger partial charge in [-0.3, -0.25) is 4.57 Å². The Hall–Kier alpha value is 1.19. The van der Waals surface area contributed by atoms with Crippen molar-refractivity contribution in [2.75, 3.05) is 0 Å². The summed E-state index contributed by atoms with van der Waals surface area (Å²) in [6, 6.07) is 0. The second-order valence-corrected chi connectivity index (χ2v) is 4.17. The van der Waals surface area contributed by atoms with Crippen LogP contribution in [0.25, 0.3) is 0 Å². The van der Waals surface area contributed by atoms with Gasteiger partial charge in [0.05, 0.1) is 0 Å². The molecule has 0 aromatic carbocycles. The molecule has 0 radical (unpaired) electrons. The van der Waals surface area contributed by atoms with Gasteiger partial charge in [0, 0.05) is 5.66 Å². The van der Waals surface area contributed by atoms with Crippen LogP contribution in [0.2, 0.25) is 0 Å². The van der Waals surface area contributed by atoms with E-state index in [0.29, 0.717) is 0 Å². The summed E-state index contributed by atoms with van der Waals surface area (Å²) in [6.07, 6.45) is 5.53. The second kappa shape index (κ2) is 5.79. The first-order valence-electron chi connectivity index (χ1n) is 3.53. The molecule has 0 amide bonds. The molecule has 56 valence electrons. The molecule has 0 aliphatic heterocycles. The summed E-state index contributed by atoms with van der Waals surface area (Å²) in [6.45, 7) is 0. The zero-order chi connectivity index (χ0) is 6.69. The first-order chi connectivity index (χ1) is 4.30. The van der Waals surface area contributed by atoms with E-state index in [1.807, 2.05) is 0 Å². The topological polar surface area (TPSA) is 37.3 Å². The third-order valence-corrected chi connectivity index (χ3v) is 3.23. The monoisotopic (exact) mass is 172 g/mol. The van der Waals surface area contributed by atoms with Gasteiger partial charge in [-0.15, -0.1) is 0 Å². The Bertz CT molecular complexity index is 112. The predicted octanol–water partition coefficient (Wildman–Crippen LogP) is 1.14. The summed E-state index contributed by atoms with van der Waals surface area (Å²) in [5, 5.41) is 0. The second-order valence-electron chi connectivity index (χ2n) is 2.67. The van der Waals surface area contributed by atoms with Gasteiger partial charge in [-0.1, -0.05) is 19.3 Å². The molecule has 0 bridgehead atoms. The summed E-state index contributed by atoms with van der Waals surface area (Å²) in [7, 11) is -2.19. The molecule has 0 aromatic heterocycles. The zero-order valence-electron chi connectivity index (χ0n) is 5.47. The van der Waals surface area contributed by atoms with Crippen LogP contribution >= 0.6 is 8.03 Å². The SMILES string of the molecule is O=[PH](O)C1CCCCC1.[NaH]. The quantitative estimate of drug-likeness (QED) is 0.475. The van der Waals surface area contributed by atoms with Crippen LogP contribution in [0.15, 0.2) is 0 Å². The molecular weight excluding hydrogens is 158 g/mol. The Morgan fingerprint density at radius 2 is 1.70 bits per heavy atom. The fraction of sp³-hybridized carbons (Fsp3) is 1.00. The van der Waals surface area contributed by atoms with Crippen LogP contribution in [0.5, 0.6) is 0 Å². The van der Waals surface area contributed by atoms with E-state index in [4.69, 9.17) is 4.89 Å². The first-order valence-corrected chi connectivity index (χ1v) is 4.97. The van der Waals surface area contributed by atoms with Crippen molar-refractivity contribution in [1.82, 2.24) is 0 Å². The van der Waals surface area contributed by atoms with Crippen molar-refractivity contribution < 1.29 is 9.46 Å². The summed E-state index contributed by atoms with van der Waals surface area (Å²) in [5.41, 5.74) is 0.156. The molecule has 1 aliphatic rings. The van der Waals surface area contributed by atoms with Gasteiger partial charge < -0.3 is 4.89 Å². The Labute approximate surface area is 84.6 Å². The molecule has 1 rings (SSSR count). The van der Waals surface area contributed by atoms with Crippen molar-refractivity contribution in [2.24, 2.45) is 0 Å². The molecule has 2 nitrogen and oxygen atoms in total. The molecule has 0 heterocycles. The molecule has 1 unspecified atom stereocenters. The van der Waals surface area contributed by atoms with Crippen LogP contribution in [0, 0.1) is 0 Å². The van der Waals surface area contributed by atoms with Crippen LogP contribution in [-0.2, 0) is 4.57 Å². The minimum absolute atomic E-state index is 0. The predicted molar refractivity (Wildman–Crippen MR) is 45.2 cm³/mol. The van der Waals surface area contributed by atoms with Crippen molar-refractivity contribution in [3.05, 3.63) is 0 Å². The van der Waals surface area contributed by atoms with Gasteiger partial charge >= 0.3 is 29.6 Å². The van der Waals surface area contributed by atoms with Crippen LogP contribution in [0.1, 0.15) is 32.1 Å². The molecule has 1 atom stereocenters. The molecule has 1 saturated carbocycles. The van der Waals surface area contributed by atoms with E-state index >= 15 is 0 Å². The standard InChI is InChI=1S/C6H13O2P.Na.H/c7-9(8)6-4-2-1-3-5-6;;/h6,9H,1-5H2,(H,7,8);;. The van der Waals surface area contributed by atoms with E-state index in [0.717, 1.165) is 25.7 Å². The maximum absolute atomic E-state index is 10.5. The van der Waals surface area contributed by atoms with E-state index in [1.165, 1.54) is 6.42 Å². The minimum atomic E-state index is -2.19. The van der Waals surface area contributed by atoms with E-state index in [2.05, 4.69) is 0 Å². The van der Waals surface area contributed by atoms with Crippen LogP contribution < -0.4 is 0 Å². The van der Waals surface area contributed by atoms with Crippen LogP contribution in [0.4, 0.5) is 0 Å². The van der Waals surface area contributed by atoms with Crippen molar-refractivity contribution >= 4 is 37.6 Å². The van der Waals surface area contributed by atoms with Crippen molar-refractivity contribution in [2.45, 2.75) is 37.8 Å². The van der Waals surface area contributed by atoms with Gasteiger partial charge in [0.1, 0.15) is 0 Å². The van der Waals surface area contributed by atoms with Crippen molar-refractivity contribution in [1.29, 1.82) is 0 Å². The summed E-state index contributed by atoms with van der Waals surface area (Å²) in [4.78, 5) is 8.72. The van der Waals surface area contributed by atoms with Gasteiger partial charge in [0.15, 0.2) is 8.03 Å². The fourth-order valence-corrected chi connectivity index (χ4v) is 2.25. The molecule has 0 aromatic rings. The van der Waals surface area contributed by atoms with E-state index in [9.17, 15) is 4.57 Å². The third-order valence-electron chi connectivity index (χ3n) is 1.95. The number of rotatable bonds is 1. The fourth-order valence-electron chi connectivity index (χ4n) is 1.35. The van der Waals surface area contributed by atoms with Crippen molar-refractivity contribution in [3.8, 4) is 0 Å². The van der Waals surface area contributed by atoms with Gasteiger partial charge in [-0.05, 0) is 12.8 Å². The van der Waals surface area contributed by atoms with Gasteiger partial charge in [-0.2, -0.15) is 0 Å². The average Bonchev–Trinajstić information content (AvgIpc) is 1.90. The molecule has 1 fully saturated rings. The normalized spacial score (nSPS) is 23.3. The number of hydrogen-bond acceptors (Lipinski definition) is 1. The van der Waals surface area contributed by atoms with Gasteiger partial charge in [0.25, 0.3) is 0 Å². The van der Waals surface area contributed by atoms with Crippen LogP contribution in [-0.4, -0.2) is 40.1 Å². The molecule has 4 heteroatoms. The molecule has 0 saturated heterocycles. The number of hydrogen-bond donors (Lipinski definition) is 1. The Balaban J connectivity index is 0.000000810. The van der Waals surface area contributed by atoms with E-state index in [1.54, 1.807) is 0 Å². The Kier molecular flexibility index (Phi) is 6.48. The van der Waals surface area contributed by atoms with E-state index in [-0.39, 0.29) is 35.2 Å². The van der Waals surface area contributed by atoms with E-state index < -0.39 is 8.03 Å². The summed E-state index contributed by atoms with van der Waals surface area (Å²) in [5.74, 6) is 0. The summed E-state index contributed by atoms with van der Waals surface area (Å²) >= 11 is 0. The Morgan fingerprint density at radius 1 is 1.20 bits per heavy atom. The average molecular weight is 172 g/mol. The molecule has 1 aliphatic carbocycles. The maximum atomic E-state index is 10.5.